The summed E-state index contributed by atoms with van der Waals surface area (Å²) in [6, 6.07) is 11.8. The molecule has 20 heavy (non-hydrogen) atoms. The molecule has 0 aliphatic rings. The molecule has 1 aromatic heterocycles. The molecule has 0 radical (unpaired) electrons. The summed E-state index contributed by atoms with van der Waals surface area (Å²) in [6.45, 7) is 2.76. The number of nitrogens with two attached hydrogens (primary N) is 1. The third-order valence-electron chi connectivity index (χ3n) is 2.83. The van der Waals surface area contributed by atoms with E-state index in [-0.39, 0.29) is 0 Å². The first-order chi connectivity index (χ1) is 9.71. The number of guanidine groups is 1. The Hall–Kier alpha value is -2.01. The van der Waals surface area contributed by atoms with Gasteiger partial charge in [-0.25, -0.2) is 4.99 Å². The fourth-order valence-electron chi connectivity index (χ4n) is 1.72. The minimum absolute atomic E-state index is 0.418. The number of rotatable bonds is 5. The van der Waals surface area contributed by atoms with Gasteiger partial charge in [-0.3, -0.25) is 0 Å². The average Bonchev–Trinajstić information content (AvgIpc) is 2.94. The Labute approximate surface area is 123 Å². The SMILES string of the molecule is CCc1ccc(CN=C(N)Nc2ccc(OC)cc2)s1. The van der Waals surface area contributed by atoms with Crippen molar-refractivity contribution in [3.05, 3.63) is 46.2 Å². The molecule has 0 atom stereocenters. The van der Waals surface area contributed by atoms with E-state index in [9.17, 15) is 0 Å². The van der Waals surface area contributed by atoms with Gasteiger partial charge in [-0.15, -0.1) is 11.3 Å². The van der Waals surface area contributed by atoms with E-state index in [1.54, 1.807) is 18.4 Å². The van der Waals surface area contributed by atoms with Crippen molar-refractivity contribution in [3.8, 4) is 5.75 Å². The molecule has 0 unspecified atom stereocenters. The maximum absolute atomic E-state index is 5.88. The first-order valence-corrected chi connectivity index (χ1v) is 7.31. The van der Waals surface area contributed by atoms with Gasteiger partial charge < -0.3 is 15.8 Å². The second-order valence-corrected chi connectivity index (χ2v) is 5.53. The Morgan fingerprint density at radius 2 is 1.90 bits per heavy atom. The minimum atomic E-state index is 0.418. The summed E-state index contributed by atoms with van der Waals surface area (Å²) in [5.74, 6) is 1.23. The Balaban J connectivity index is 1.92. The highest BCUT2D eigenvalue weighted by Gasteiger charge is 1.99. The molecule has 106 valence electrons. The van der Waals surface area contributed by atoms with E-state index < -0.39 is 0 Å². The third kappa shape index (κ3) is 3.99. The number of aliphatic imine (C=N–C) groups is 1. The number of aryl methyl sites for hydroxylation is 1. The smallest absolute Gasteiger partial charge is 0.193 e. The van der Waals surface area contributed by atoms with Crippen molar-refractivity contribution in [1.29, 1.82) is 0 Å². The zero-order valence-electron chi connectivity index (χ0n) is 11.7. The Morgan fingerprint density at radius 3 is 2.50 bits per heavy atom. The molecule has 3 N–H and O–H groups in total. The van der Waals surface area contributed by atoms with Crippen LogP contribution >= 0.6 is 11.3 Å². The second kappa shape index (κ2) is 6.96. The standard InChI is InChI=1S/C15H19N3OS/c1-3-13-8-9-14(20-13)10-17-15(16)18-11-4-6-12(19-2)7-5-11/h4-9H,3,10H2,1-2H3,(H3,16,17,18). The van der Waals surface area contributed by atoms with Crippen molar-refractivity contribution in [2.75, 3.05) is 12.4 Å². The summed E-state index contributed by atoms with van der Waals surface area (Å²) in [6.07, 6.45) is 1.06. The van der Waals surface area contributed by atoms with Crippen LogP contribution in [0, 0.1) is 0 Å². The Kier molecular flexibility index (Phi) is 5.01. The zero-order valence-corrected chi connectivity index (χ0v) is 12.5. The quantitative estimate of drug-likeness (QED) is 0.656. The van der Waals surface area contributed by atoms with E-state index in [0.717, 1.165) is 17.9 Å². The number of ether oxygens (including phenoxy) is 1. The van der Waals surface area contributed by atoms with Crippen LogP contribution < -0.4 is 15.8 Å². The molecule has 4 nitrogen and oxygen atoms in total. The van der Waals surface area contributed by atoms with Crippen LogP contribution in [-0.2, 0) is 13.0 Å². The molecule has 0 amide bonds. The van der Waals surface area contributed by atoms with E-state index in [0.29, 0.717) is 12.5 Å². The predicted octanol–water partition coefficient (Wildman–Crippen LogP) is 3.25. The monoisotopic (exact) mass is 289 g/mol. The number of nitrogens with one attached hydrogen (secondary N) is 1. The summed E-state index contributed by atoms with van der Waals surface area (Å²) >= 11 is 1.78. The van der Waals surface area contributed by atoms with Crippen molar-refractivity contribution in [2.24, 2.45) is 10.7 Å². The van der Waals surface area contributed by atoms with Crippen LogP contribution in [0.15, 0.2) is 41.4 Å². The van der Waals surface area contributed by atoms with Crippen molar-refractivity contribution in [2.45, 2.75) is 19.9 Å². The van der Waals surface area contributed by atoms with Gasteiger partial charge in [0.1, 0.15) is 5.75 Å². The maximum Gasteiger partial charge on any atom is 0.193 e. The highest BCUT2D eigenvalue weighted by Crippen LogP contribution is 2.18. The van der Waals surface area contributed by atoms with Crippen molar-refractivity contribution >= 4 is 23.0 Å². The Morgan fingerprint density at radius 1 is 1.20 bits per heavy atom. The molecule has 2 aromatic rings. The molecule has 0 saturated heterocycles. The van der Waals surface area contributed by atoms with Crippen LogP contribution in [0.25, 0.3) is 0 Å². The lowest BCUT2D eigenvalue weighted by molar-refractivity contribution is 0.415. The summed E-state index contributed by atoms with van der Waals surface area (Å²) in [7, 11) is 1.64. The van der Waals surface area contributed by atoms with Crippen LogP contribution in [-0.4, -0.2) is 13.1 Å². The lowest BCUT2D eigenvalue weighted by Gasteiger charge is -2.06. The lowest BCUT2D eigenvalue weighted by atomic mass is 10.3. The van der Waals surface area contributed by atoms with Crippen LogP contribution in [0.4, 0.5) is 5.69 Å². The van der Waals surface area contributed by atoms with Gasteiger partial charge in [-0.05, 0) is 42.8 Å². The lowest BCUT2D eigenvalue weighted by Crippen LogP contribution is -2.22. The molecule has 0 aliphatic carbocycles. The highest BCUT2D eigenvalue weighted by atomic mass is 32.1. The van der Waals surface area contributed by atoms with Gasteiger partial charge in [-0.1, -0.05) is 6.92 Å². The number of benzene rings is 1. The highest BCUT2D eigenvalue weighted by molar-refractivity contribution is 7.11. The largest absolute Gasteiger partial charge is 0.497 e. The average molecular weight is 289 g/mol. The summed E-state index contributed by atoms with van der Waals surface area (Å²) in [5, 5.41) is 3.06. The first-order valence-electron chi connectivity index (χ1n) is 6.50. The normalized spacial score (nSPS) is 11.4. The molecule has 0 spiro atoms. The summed E-state index contributed by atoms with van der Waals surface area (Å²) in [4.78, 5) is 6.94. The predicted molar refractivity (Wildman–Crippen MR) is 85.6 cm³/mol. The molecule has 5 heteroatoms. The molecule has 0 aliphatic heterocycles. The van der Waals surface area contributed by atoms with Gasteiger partial charge in [0.15, 0.2) is 5.96 Å². The number of hydrogen-bond donors (Lipinski definition) is 2. The van der Waals surface area contributed by atoms with Crippen LogP contribution in [0.1, 0.15) is 16.7 Å². The van der Waals surface area contributed by atoms with Gasteiger partial charge in [0.2, 0.25) is 0 Å². The number of thiophene rings is 1. The molecule has 1 heterocycles. The van der Waals surface area contributed by atoms with E-state index in [1.807, 2.05) is 24.3 Å². The second-order valence-electron chi connectivity index (χ2n) is 4.28. The molecular weight excluding hydrogens is 270 g/mol. The maximum atomic E-state index is 5.88. The summed E-state index contributed by atoms with van der Waals surface area (Å²) in [5.41, 5.74) is 6.77. The molecule has 2 rings (SSSR count). The van der Waals surface area contributed by atoms with Gasteiger partial charge in [0.05, 0.1) is 13.7 Å². The summed E-state index contributed by atoms with van der Waals surface area (Å²) < 4.78 is 5.10. The fourth-order valence-corrected chi connectivity index (χ4v) is 2.60. The van der Waals surface area contributed by atoms with Gasteiger partial charge in [0.25, 0.3) is 0 Å². The van der Waals surface area contributed by atoms with Crippen LogP contribution in [0.3, 0.4) is 0 Å². The first kappa shape index (κ1) is 14.4. The molecule has 0 fully saturated rings. The molecule has 1 aromatic carbocycles. The van der Waals surface area contributed by atoms with Crippen molar-refractivity contribution in [1.82, 2.24) is 0 Å². The molecule has 0 saturated carbocycles. The minimum Gasteiger partial charge on any atom is -0.497 e. The van der Waals surface area contributed by atoms with E-state index >= 15 is 0 Å². The third-order valence-corrected chi connectivity index (χ3v) is 4.05. The van der Waals surface area contributed by atoms with Gasteiger partial charge in [0, 0.05) is 15.4 Å². The van der Waals surface area contributed by atoms with E-state index in [2.05, 4.69) is 29.4 Å². The van der Waals surface area contributed by atoms with E-state index in [4.69, 9.17) is 10.5 Å². The Bertz CT molecular complexity index is 575. The van der Waals surface area contributed by atoms with Gasteiger partial charge >= 0.3 is 0 Å². The van der Waals surface area contributed by atoms with Crippen molar-refractivity contribution in [3.63, 3.8) is 0 Å². The number of methoxy groups -OCH3 is 1. The molecular formula is C15H19N3OS. The number of nitrogens with zero attached hydrogens (tertiary/aromatic N) is 1. The van der Waals surface area contributed by atoms with Crippen LogP contribution in [0.5, 0.6) is 5.75 Å². The number of hydrogen-bond acceptors (Lipinski definition) is 3. The number of anilines is 1. The fraction of sp³-hybridized carbons (Fsp3) is 0.267. The van der Waals surface area contributed by atoms with E-state index in [1.165, 1.54) is 9.75 Å². The van der Waals surface area contributed by atoms with Gasteiger partial charge in [-0.2, -0.15) is 0 Å². The topological polar surface area (TPSA) is 59.6 Å². The zero-order chi connectivity index (χ0) is 14.4. The van der Waals surface area contributed by atoms with Crippen LogP contribution in [0.2, 0.25) is 0 Å². The van der Waals surface area contributed by atoms with Crippen molar-refractivity contribution < 1.29 is 4.74 Å². The molecule has 0 bridgehead atoms.